The number of anilines is 1. The molecule has 0 bridgehead atoms. The first-order chi connectivity index (χ1) is 12.4. The van der Waals surface area contributed by atoms with Crippen LogP contribution in [0.15, 0.2) is 18.2 Å². The van der Waals surface area contributed by atoms with Gasteiger partial charge in [-0.3, -0.25) is 9.10 Å². The molecule has 0 spiro atoms. The summed E-state index contributed by atoms with van der Waals surface area (Å²) < 4.78 is 36.4. The lowest BCUT2D eigenvalue weighted by atomic mass is 10.2. The van der Waals surface area contributed by atoms with Gasteiger partial charge in [0.15, 0.2) is 0 Å². The Hall–Kier alpha value is -1.96. The number of benzene rings is 1. The van der Waals surface area contributed by atoms with Crippen LogP contribution in [0.5, 0.6) is 11.5 Å². The normalized spacial score (nSPS) is 15.3. The molecule has 0 atom stereocenters. The van der Waals surface area contributed by atoms with Crippen molar-refractivity contribution in [1.82, 2.24) is 4.90 Å². The summed E-state index contributed by atoms with van der Waals surface area (Å²) in [6, 6.07) is 4.96. The molecule has 1 amide bonds. The van der Waals surface area contributed by atoms with Crippen molar-refractivity contribution < 1.29 is 22.7 Å². The van der Waals surface area contributed by atoms with Gasteiger partial charge in [0, 0.05) is 32.1 Å². The molecule has 0 aliphatic carbocycles. The topological polar surface area (TPSA) is 76.2 Å². The van der Waals surface area contributed by atoms with Crippen LogP contribution in [0.1, 0.15) is 32.1 Å². The average molecular weight is 384 g/mol. The lowest BCUT2D eigenvalue weighted by Crippen LogP contribution is -2.37. The zero-order valence-electron chi connectivity index (χ0n) is 15.7. The van der Waals surface area contributed by atoms with E-state index >= 15 is 0 Å². The molecular formula is C18H28N2O5S. The molecule has 26 heavy (non-hydrogen) atoms. The van der Waals surface area contributed by atoms with Gasteiger partial charge >= 0.3 is 0 Å². The van der Waals surface area contributed by atoms with Crippen LogP contribution < -0.4 is 13.8 Å². The van der Waals surface area contributed by atoms with Crippen LogP contribution >= 0.6 is 0 Å². The molecular weight excluding hydrogens is 356 g/mol. The van der Waals surface area contributed by atoms with Gasteiger partial charge in [-0.1, -0.05) is 12.8 Å². The number of ether oxygens (including phenoxy) is 2. The number of rotatable bonds is 7. The molecule has 0 radical (unpaired) electrons. The summed E-state index contributed by atoms with van der Waals surface area (Å²) in [6.45, 7) is 1.57. The van der Waals surface area contributed by atoms with Crippen molar-refractivity contribution in [2.24, 2.45) is 0 Å². The second kappa shape index (κ2) is 9.12. The minimum atomic E-state index is -3.58. The van der Waals surface area contributed by atoms with Gasteiger partial charge in [0.05, 0.1) is 26.2 Å². The molecule has 2 rings (SSSR count). The molecule has 1 aliphatic rings. The van der Waals surface area contributed by atoms with Crippen molar-refractivity contribution in [3.05, 3.63) is 18.2 Å². The second-order valence-corrected chi connectivity index (χ2v) is 8.32. The highest BCUT2D eigenvalue weighted by Gasteiger charge is 2.24. The number of sulfonamides is 1. The predicted molar refractivity (Wildman–Crippen MR) is 101 cm³/mol. The predicted octanol–water partition coefficient (Wildman–Crippen LogP) is 2.26. The van der Waals surface area contributed by atoms with E-state index in [2.05, 4.69) is 0 Å². The fourth-order valence-corrected chi connectivity index (χ4v) is 4.05. The summed E-state index contributed by atoms with van der Waals surface area (Å²) in [6.07, 6.45) is 5.55. The molecule has 0 aromatic heterocycles. The van der Waals surface area contributed by atoms with E-state index in [1.807, 2.05) is 4.90 Å². The highest BCUT2D eigenvalue weighted by molar-refractivity contribution is 7.92. The first-order valence-corrected chi connectivity index (χ1v) is 10.7. The minimum absolute atomic E-state index is 0.0117. The third kappa shape index (κ3) is 5.27. The molecule has 1 saturated heterocycles. The molecule has 0 unspecified atom stereocenters. The second-order valence-electron chi connectivity index (χ2n) is 6.42. The number of nitrogens with zero attached hydrogens (tertiary/aromatic N) is 2. The van der Waals surface area contributed by atoms with Crippen LogP contribution in [0, 0.1) is 0 Å². The quantitative estimate of drug-likeness (QED) is 0.721. The Morgan fingerprint density at radius 1 is 1.12 bits per heavy atom. The molecule has 7 nitrogen and oxygen atoms in total. The van der Waals surface area contributed by atoms with Crippen LogP contribution in [0.3, 0.4) is 0 Å². The van der Waals surface area contributed by atoms with Gasteiger partial charge in [0.1, 0.15) is 11.5 Å². The maximum Gasteiger partial charge on any atom is 0.232 e. The Labute approximate surface area is 155 Å². The van der Waals surface area contributed by atoms with E-state index in [4.69, 9.17) is 9.47 Å². The van der Waals surface area contributed by atoms with Gasteiger partial charge in [-0.05, 0) is 25.0 Å². The summed E-state index contributed by atoms with van der Waals surface area (Å²) >= 11 is 0. The molecule has 0 N–H and O–H groups in total. The third-order valence-corrected chi connectivity index (χ3v) is 5.72. The maximum atomic E-state index is 12.5. The number of likely N-dealkylation sites (tertiary alicyclic amines) is 1. The van der Waals surface area contributed by atoms with Gasteiger partial charge in [-0.25, -0.2) is 8.42 Å². The molecule has 146 valence electrons. The molecule has 1 aromatic rings. The van der Waals surface area contributed by atoms with Crippen LogP contribution in [-0.2, 0) is 14.8 Å². The number of carbonyl (C=O) groups is 1. The number of hydrogen-bond donors (Lipinski definition) is 0. The van der Waals surface area contributed by atoms with Crippen molar-refractivity contribution in [3.8, 4) is 11.5 Å². The number of carbonyl (C=O) groups excluding carboxylic acids is 1. The molecule has 8 heteroatoms. The summed E-state index contributed by atoms with van der Waals surface area (Å²) in [5.74, 6) is 0.925. The van der Waals surface area contributed by atoms with Crippen LogP contribution in [0.2, 0.25) is 0 Å². The van der Waals surface area contributed by atoms with E-state index < -0.39 is 10.0 Å². The zero-order valence-corrected chi connectivity index (χ0v) is 16.5. The standard InChI is InChI=1S/C18H28N2O5S/c1-24-15-8-9-17(25-2)16(14-15)20(26(3,22)23)13-10-18(21)19-11-6-4-5-7-12-19/h8-9,14H,4-7,10-13H2,1-3H3. The first-order valence-electron chi connectivity index (χ1n) is 8.84. The van der Waals surface area contributed by atoms with Crippen molar-refractivity contribution in [2.45, 2.75) is 32.1 Å². The van der Waals surface area contributed by atoms with E-state index in [0.29, 0.717) is 17.2 Å². The van der Waals surface area contributed by atoms with Crippen LogP contribution in [0.4, 0.5) is 5.69 Å². The fourth-order valence-electron chi connectivity index (χ4n) is 3.13. The summed E-state index contributed by atoms with van der Waals surface area (Å²) in [4.78, 5) is 14.4. The Balaban J connectivity index is 2.19. The Kier molecular flexibility index (Phi) is 7.14. The molecule has 1 aromatic carbocycles. The molecule has 1 heterocycles. The lowest BCUT2D eigenvalue weighted by molar-refractivity contribution is -0.130. The largest absolute Gasteiger partial charge is 0.497 e. The van der Waals surface area contributed by atoms with Crippen molar-refractivity contribution in [1.29, 1.82) is 0 Å². The summed E-state index contributed by atoms with van der Waals surface area (Å²) in [5, 5.41) is 0. The van der Waals surface area contributed by atoms with Crippen LogP contribution in [0.25, 0.3) is 0 Å². The summed E-state index contributed by atoms with van der Waals surface area (Å²) in [7, 11) is -0.589. The smallest absolute Gasteiger partial charge is 0.232 e. The molecule has 1 fully saturated rings. The number of amides is 1. The third-order valence-electron chi connectivity index (χ3n) is 4.54. The maximum absolute atomic E-state index is 12.5. The van der Waals surface area contributed by atoms with E-state index in [1.54, 1.807) is 18.2 Å². The van der Waals surface area contributed by atoms with Gasteiger partial charge in [0.25, 0.3) is 0 Å². The summed E-state index contributed by atoms with van der Waals surface area (Å²) in [5.41, 5.74) is 0.373. The fraction of sp³-hybridized carbons (Fsp3) is 0.611. The molecule has 0 saturated carbocycles. The van der Waals surface area contributed by atoms with Crippen molar-refractivity contribution in [3.63, 3.8) is 0 Å². The highest BCUT2D eigenvalue weighted by atomic mass is 32.2. The van der Waals surface area contributed by atoms with Gasteiger partial charge in [0.2, 0.25) is 15.9 Å². The average Bonchev–Trinajstić information content (AvgIpc) is 2.89. The number of methoxy groups -OCH3 is 2. The van der Waals surface area contributed by atoms with Crippen molar-refractivity contribution in [2.75, 3.05) is 44.4 Å². The monoisotopic (exact) mass is 384 g/mol. The van der Waals surface area contributed by atoms with Gasteiger partial charge in [-0.2, -0.15) is 0 Å². The van der Waals surface area contributed by atoms with Gasteiger partial charge in [-0.15, -0.1) is 0 Å². The van der Waals surface area contributed by atoms with Crippen LogP contribution in [-0.4, -0.2) is 59.3 Å². The zero-order chi connectivity index (χ0) is 19.2. The molecule has 1 aliphatic heterocycles. The lowest BCUT2D eigenvalue weighted by Gasteiger charge is -2.26. The highest BCUT2D eigenvalue weighted by Crippen LogP contribution is 2.33. The number of hydrogen-bond acceptors (Lipinski definition) is 5. The van der Waals surface area contributed by atoms with E-state index in [0.717, 1.165) is 45.0 Å². The minimum Gasteiger partial charge on any atom is -0.497 e. The van der Waals surface area contributed by atoms with E-state index in [9.17, 15) is 13.2 Å². The van der Waals surface area contributed by atoms with Gasteiger partial charge < -0.3 is 14.4 Å². The Morgan fingerprint density at radius 3 is 2.31 bits per heavy atom. The van der Waals surface area contributed by atoms with E-state index in [-0.39, 0.29) is 18.9 Å². The first kappa shape index (κ1) is 20.4. The van der Waals surface area contributed by atoms with E-state index in [1.165, 1.54) is 18.5 Å². The Bertz CT molecular complexity index is 712. The SMILES string of the molecule is COc1ccc(OC)c(N(CCC(=O)N2CCCCCC2)S(C)(=O)=O)c1. The Morgan fingerprint density at radius 2 is 1.77 bits per heavy atom. The van der Waals surface area contributed by atoms with Crippen molar-refractivity contribution >= 4 is 21.6 Å².